The number of phenolic OH excluding ortho intramolecular Hbond substituents is 1. The Morgan fingerprint density at radius 1 is 1.06 bits per heavy atom. The number of hydrogen-bond acceptors (Lipinski definition) is 3. The van der Waals surface area contributed by atoms with Gasteiger partial charge in [-0.05, 0) is 42.3 Å². The summed E-state index contributed by atoms with van der Waals surface area (Å²) in [5.41, 5.74) is 5.00. The predicted molar refractivity (Wildman–Crippen MR) is 125 cm³/mol. The van der Waals surface area contributed by atoms with Crippen LogP contribution in [0.1, 0.15) is 38.8 Å². The van der Waals surface area contributed by atoms with Gasteiger partial charge in [0.15, 0.2) is 0 Å². The van der Waals surface area contributed by atoms with Crippen molar-refractivity contribution in [2.45, 2.75) is 19.5 Å². The highest BCUT2D eigenvalue weighted by molar-refractivity contribution is 6.31. The van der Waals surface area contributed by atoms with Gasteiger partial charge in [0.05, 0.1) is 6.04 Å². The monoisotopic (exact) mass is 463 g/mol. The van der Waals surface area contributed by atoms with E-state index in [4.69, 9.17) is 23.2 Å². The quantitative estimate of drug-likeness (QED) is 0.381. The number of H-pyrrole nitrogens is 1. The van der Waals surface area contributed by atoms with Crippen LogP contribution >= 0.6 is 23.2 Å². The van der Waals surface area contributed by atoms with Crippen molar-refractivity contribution in [2.24, 2.45) is 0 Å². The summed E-state index contributed by atoms with van der Waals surface area (Å²) in [6.45, 7) is 2.35. The number of aromatic hydroxyl groups is 1. The molecular weight excluding hydrogens is 445 g/mol. The van der Waals surface area contributed by atoms with Crippen molar-refractivity contribution in [3.05, 3.63) is 105 Å². The molecule has 2 heterocycles. The van der Waals surface area contributed by atoms with Crippen LogP contribution in [0.15, 0.2) is 66.7 Å². The van der Waals surface area contributed by atoms with Gasteiger partial charge in [-0.15, -0.1) is 0 Å². The highest BCUT2D eigenvalue weighted by atomic mass is 35.5. The van der Waals surface area contributed by atoms with Crippen molar-refractivity contribution in [1.82, 2.24) is 15.1 Å². The summed E-state index contributed by atoms with van der Waals surface area (Å²) < 4.78 is 0. The van der Waals surface area contributed by atoms with Gasteiger partial charge in [0.25, 0.3) is 5.91 Å². The normalized spacial score (nSPS) is 15.3. The third kappa shape index (κ3) is 3.44. The second-order valence-corrected chi connectivity index (χ2v) is 8.70. The van der Waals surface area contributed by atoms with Crippen LogP contribution in [-0.4, -0.2) is 26.1 Å². The van der Waals surface area contributed by atoms with Gasteiger partial charge in [-0.3, -0.25) is 9.89 Å². The van der Waals surface area contributed by atoms with E-state index >= 15 is 0 Å². The lowest BCUT2D eigenvalue weighted by Gasteiger charge is -2.27. The van der Waals surface area contributed by atoms with Gasteiger partial charge >= 0.3 is 0 Å². The second kappa shape index (κ2) is 8.01. The summed E-state index contributed by atoms with van der Waals surface area (Å²) in [5.74, 6) is -0.130. The number of halogens is 2. The van der Waals surface area contributed by atoms with Gasteiger partial charge in [-0.25, -0.2) is 0 Å². The topological polar surface area (TPSA) is 69.2 Å². The summed E-state index contributed by atoms with van der Waals surface area (Å²) in [6, 6.07) is 19.9. The number of hydrogen-bond donors (Lipinski definition) is 2. The zero-order valence-electron chi connectivity index (χ0n) is 17.1. The maximum atomic E-state index is 13.5. The number of carbonyl (C=O) groups excluding carboxylic acids is 1. The molecule has 1 atom stereocenters. The van der Waals surface area contributed by atoms with Crippen LogP contribution < -0.4 is 0 Å². The summed E-state index contributed by atoms with van der Waals surface area (Å²) in [5, 5.41) is 18.9. The molecule has 0 saturated carbocycles. The molecule has 0 saturated heterocycles. The fourth-order valence-corrected chi connectivity index (χ4v) is 4.54. The molecule has 0 aliphatic carbocycles. The first-order valence-electron chi connectivity index (χ1n) is 10.1. The average molecular weight is 464 g/mol. The van der Waals surface area contributed by atoms with Gasteiger partial charge in [0.1, 0.15) is 17.1 Å². The van der Waals surface area contributed by atoms with Crippen LogP contribution in [0, 0.1) is 6.92 Å². The number of fused-ring (bicyclic) bond motifs is 1. The fourth-order valence-electron chi connectivity index (χ4n) is 4.17. The molecule has 0 bridgehead atoms. The summed E-state index contributed by atoms with van der Waals surface area (Å²) in [7, 11) is 0. The van der Waals surface area contributed by atoms with Crippen molar-refractivity contribution >= 4 is 29.1 Å². The Bertz CT molecular complexity index is 1330. The molecule has 2 N–H and O–H groups in total. The first-order chi connectivity index (χ1) is 15.4. The van der Waals surface area contributed by atoms with Gasteiger partial charge < -0.3 is 10.0 Å². The molecule has 1 aliphatic heterocycles. The Kier molecular flexibility index (Phi) is 5.16. The van der Waals surface area contributed by atoms with Gasteiger partial charge in [-0.1, -0.05) is 71.2 Å². The van der Waals surface area contributed by atoms with Gasteiger partial charge in [0.2, 0.25) is 0 Å². The van der Waals surface area contributed by atoms with Gasteiger partial charge in [0, 0.05) is 27.7 Å². The molecular formula is C25H19Cl2N3O2. The van der Waals surface area contributed by atoms with Crippen LogP contribution in [0.5, 0.6) is 5.75 Å². The number of aromatic amines is 1. The van der Waals surface area contributed by atoms with Crippen LogP contribution in [0.2, 0.25) is 10.0 Å². The van der Waals surface area contributed by atoms with E-state index in [1.165, 1.54) is 6.07 Å². The Balaban J connectivity index is 1.68. The molecule has 160 valence electrons. The Morgan fingerprint density at radius 2 is 1.81 bits per heavy atom. The maximum absolute atomic E-state index is 13.5. The third-order valence-corrected chi connectivity index (χ3v) is 6.37. The number of nitrogens with zero attached hydrogens (tertiary/aromatic N) is 2. The minimum atomic E-state index is -0.401. The lowest BCUT2D eigenvalue weighted by molar-refractivity contribution is 0.0730. The number of rotatable bonds is 4. The van der Waals surface area contributed by atoms with Crippen molar-refractivity contribution in [2.75, 3.05) is 0 Å². The number of amides is 1. The van der Waals surface area contributed by atoms with Crippen LogP contribution in [0.25, 0.3) is 11.3 Å². The predicted octanol–water partition coefficient (Wildman–Crippen LogP) is 6.14. The molecule has 4 aromatic rings. The number of aromatic nitrogens is 2. The molecule has 0 radical (unpaired) electrons. The maximum Gasteiger partial charge on any atom is 0.273 e. The van der Waals surface area contributed by atoms with E-state index in [9.17, 15) is 9.90 Å². The van der Waals surface area contributed by atoms with Crippen LogP contribution in [0.4, 0.5) is 0 Å². The SMILES string of the molecule is Cc1ccc(C2c3c(-c4cc(Cl)ccc4O)n[nH]c3C(=O)N2Cc2ccccc2Cl)cc1. The van der Waals surface area contributed by atoms with E-state index in [-0.39, 0.29) is 11.7 Å². The smallest absolute Gasteiger partial charge is 0.273 e. The van der Waals surface area contributed by atoms with E-state index < -0.39 is 6.04 Å². The molecule has 0 spiro atoms. The fraction of sp³-hybridized carbons (Fsp3) is 0.120. The van der Waals surface area contributed by atoms with Crippen LogP contribution in [0.3, 0.4) is 0 Å². The molecule has 0 fully saturated rings. The number of benzene rings is 3. The van der Waals surface area contributed by atoms with Crippen LogP contribution in [-0.2, 0) is 6.54 Å². The van der Waals surface area contributed by atoms with Crippen molar-refractivity contribution in [3.63, 3.8) is 0 Å². The second-order valence-electron chi connectivity index (χ2n) is 7.86. The molecule has 1 unspecified atom stereocenters. The van der Waals surface area contributed by atoms with E-state index in [1.54, 1.807) is 17.0 Å². The van der Waals surface area contributed by atoms with Crippen molar-refractivity contribution in [3.8, 4) is 17.0 Å². The number of aryl methyl sites for hydroxylation is 1. The molecule has 3 aromatic carbocycles. The lowest BCUT2D eigenvalue weighted by atomic mass is 9.95. The van der Waals surface area contributed by atoms with Crippen molar-refractivity contribution in [1.29, 1.82) is 0 Å². The molecule has 5 nitrogen and oxygen atoms in total. The zero-order valence-corrected chi connectivity index (χ0v) is 18.7. The largest absolute Gasteiger partial charge is 0.507 e. The van der Waals surface area contributed by atoms with Crippen molar-refractivity contribution < 1.29 is 9.90 Å². The molecule has 1 aromatic heterocycles. The Labute approximate surface area is 195 Å². The number of phenols is 1. The first kappa shape index (κ1) is 20.6. The molecule has 5 rings (SSSR count). The number of carbonyl (C=O) groups is 1. The molecule has 32 heavy (non-hydrogen) atoms. The molecule has 1 aliphatic rings. The average Bonchev–Trinajstić information content (AvgIpc) is 3.32. The first-order valence-corrected chi connectivity index (χ1v) is 10.9. The van der Waals surface area contributed by atoms with E-state index in [0.29, 0.717) is 39.1 Å². The van der Waals surface area contributed by atoms with E-state index in [0.717, 1.165) is 16.7 Å². The van der Waals surface area contributed by atoms with Gasteiger partial charge in [-0.2, -0.15) is 5.10 Å². The molecule has 1 amide bonds. The highest BCUT2D eigenvalue weighted by Crippen LogP contribution is 2.45. The summed E-state index contributed by atoms with van der Waals surface area (Å²) >= 11 is 12.6. The Hall–Kier alpha value is -3.28. The zero-order chi connectivity index (χ0) is 22.4. The van der Waals surface area contributed by atoms with E-state index in [1.807, 2.05) is 55.5 Å². The molecule has 7 heteroatoms. The van der Waals surface area contributed by atoms with E-state index in [2.05, 4.69) is 10.2 Å². The highest BCUT2D eigenvalue weighted by Gasteiger charge is 2.42. The minimum Gasteiger partial charge on any atom is -0.507 e. The minimum absolute atomic E-state index is 0.0448. The summed E-state index contributed by atoms with van der Waals surface area (Å²) in [6.07, 6.45) is 0. The third-order valence-electron chi connectivity index (χ3n) is 5.77. The summed E-state index contributed by atoms with van der Waals surface area (Å²) in [4.78, 5) is 15.3. The number of nitrogens with one attached hydrogen (secondary N) is 1. The Morgan fingerprint density at radius 3 is 2.56 bits per heavy atom. The lowest BCUT2D eigenvalue weighted by Crippen LogP contribution is -2.29. The standard InChI is InChI=1S/C25H19Cl2N3O2/c1-14-6-8-15(9-7-14)24-21-22(18-12-17(26)10-11-20(18)31)28-29-23(21)25(32)30(24)13-16-4-2-3-5-19(16)27/h2-12,24,31H,13H2,1H3,(H,28,29).